The van der Waals surface area contributed by atoms with Crippen LogP contribution in [0, 0.1) is 23.7 Å². The smallest absolute Gasteiger partial charge is 0.176 e. The van der Waals surface area contributed by atoms with E-state index in [4.69, 9.17) is 0 Å². The van der Waals surface area contributed by atoms with Crippen LogP contribution in [-0.4, -0.2) is 38.6 Å². The van der Waals surface area contributed by atoms with E-state index in [2.05, 4.69) is 0 Å². The molecule has 0 radical (unpaired) electrons. The molecular weight excluding hydrogens is 332 g/mol. The first-order valence-corrected chi connectivity index (χ1v) is 9.84. The van der Waals surface area contributed by atoms with E-state index in [0.29, 0.717) is 31.1 Å². The van der Waals surface area contributed by atoms with Gasteiger partial charge in [0, 0.05) is 6.42 Å². The van der Waals surface area contributed by atoms with Crippen LogP contribution in [0.3, 0.4) is 0 Å². The van der Waals surface area contributed by atoms with Gasteiger partial charge in [0.1, 0.15) is 11.3 Å². The molecule has 0 aromatic carbocycles. The Hall–Kier alpha value is -1.20. The lowest BCUT2D eigenvalue weighted by Gasteiger charge is -2.34. The van der Waals surface area contributed by atoms with Crippen LogP contribution in [0.15, 0.2) is 11.3 Å². The zero-order valence-electron chi connectivity index (χ0n) is 17.1. The van der Waals surface area contributed by atoms with Crippen LogP contribution in [0.4, 0.5) is 0 Å². The van der Waals surface area contributed by atoms with E-state index >= 15 is 0 Å². The standard InChI is InChI=1S/C21H36O5/c1-12(2)7-9-15-19(24)18(16(22)11-14(5)6)20(25)21(15,26)17(23)10-8-13(3)4/h12-15,17,23,25-26H,7-11H2,1-6H3/t15-,17-,21+/m1/s1. The summed E-state index contributed by atoms with van der Waals surface area (Å²) >= 11 is 0. The van der Waals surface area contributed by atoms with Crippen molar-refractivity contribution < 1.29 is 24.9 Å². The molecule has 5 nitrogen and oxygen atoms in total. The molecule has 0 saturated heterocycles. The number of ketones is 2. The SMILES string of the molecule is CC(C)CC[C@@H](O)[C@]1(O)C(O)=C(C(=O)CC(C)C)C(=O)[C@H]1CCC(C)C. The topological polar surface area (TPSA) is 94.8 Å². The highest BCUT2D eigenvalue weighted by Gasteiger charge is 2.58. The quantitative estimate of drug-likeness (QED) is 0.512. The lowest BCUT2D eigenvalue weighted by atomic mass is 9.78. The Labute approximate surface area is 157 Å². The first kappa shape index (κ1) is 22.8. The Balaban J connectivity index is 3.24. The molecule has 0 saturated carbocycles. The molecule has 0 aliphatic heterocycles. The van der Waals surface area contributed by atoms with Gasteiger partial charge in [-0.05, 0) is 37.0 Å². The van der Waals surface area contributed by atoms with Crippen molar-refractivity contribution in [3.8, 4) is 0 Å². The molecule has 0 amide bonds. The number of aliphatic hydroxyl groups is 3. The van der Waals surface area contributed by atoms with Crippen molar-refractivity contribution in [1.29, 1.82) is 0 Å². The van der Waals surface area contributed by atoms with Gasteiger partial charge in [-0.25, -0.2) is 0 Å². The number of carbonyl (C=O) groups excluding carboxylic acids is 2. The van der Waals surface area contributed by atoms with Crippen LogP contribution < -0.4 is 0 Å². The van der Waals surface area contributed by atoms with Gasteiger partial charge in [-0.2, -0.15) is 0 Å². The van der Waals surface area contributed by atoms with Crippen LogP contribution >= 0.6 is 0 Å². The molecule has 0 aromatic rings. The molecule has 150 valence electrons. The summed E-state index contributed by atoms with van der Waals surface area (Å²) < 4.78 is 0. The minimum absolute atomic E-state index is 0.0317. The second-order valence-electron chi connectivity index (χ2n) is 8.95. The van der Waals surface area contributed by atoms with Gasteiger partial charge in [0.15, 0.2) is 17.2 Å². The van der Waals surface area contributed by atoms with Crippen LogP contribution in [0.1, 0.15) is 73.6 Å². The Kier molecular flexibility index (Phi) is 8.03. The summed E-state index contributed by atoms with van der Waals surface area (Å²) in [6.45, 7) is 11.7. The first-order valence-electron chi connectivity index (χ1n) is 9.84. The zero-order chi connectivity index (χ0) is 20.2. The van der Waals surface area contributed by atoms with Gasteiger partial charge in [0.2, 0.25) is 0 Å². The van der Waals surface area contributed by atoms with Crippen LogP contribution in [0.25, 0.3) is 0 Å². The van der Waals surface area contributed by atoms with Crippen molar-refractivity contribution in [1.82, 2.24) is 0 Å². The number of rotatable bonds is 10. The molecular formula is C21H36O5. The molecule has 0 aromatic heterocycles. The fourth-order valence-electron chi connectivity index (χ4n) is 3.55. The van der Waals surface area contributed by atoms with E-state index in [9.17, 15) is 24.9 Å². The predicted molar refractivity (Wildman–Crippen MR) is 102 cm³/mol. The average molecular weight is 369 g/mol. The monoisotopic (exact) mass is 368 g/mol. The highest BCUT2D eigenvalue weighted by Crippen LogP contribution is 2.44. The van der Waals surface area contributed by atoms with Crippen molar-refractivity contribution in [3.05, 3.63) is 11.3 Å². The molecule has 0 heterocycles. The summed E-state index contributed by atoms with van der Waals surface area (Å²) in [5.41, 5.74) is -2.37. The van der Waals surface area contributed by atoms with E-state index in [1.54, 1.807) is 0 Å². The van der Waals surface area contributed by atoms with Gasteiger partial charge in [-0.3, -0.25) is 9.59 Å². The normalized spacial score (nSPS) is 25.0. The fourth-order valence-corrected chi connectivity index (χ4v) is 3.55. The predicted octanol–water partition coefficient (Wildman–Crippen LogP) is 3.58. The Morgan fingerprint density at radius 3 is 2.00 bits per heavy atom. The molecule has 0 bridgehead atoms. The molecule has 3 atom stereocenters. The number of Topliss-reactive ketones (excluding diaryl/α,β-unsaturated/α-hetero) is 2. The van der Waals surface area contributed by atoms with E-state index in [0.717, 1.165) is 0 Å². The van der Waals surface area contributed by atoms with Crippen LogP contribution in [0.5, 0.6) is 0 Å². The molecule has 3 N–H and O–H groups in total. The average Bonchev–Trinajstić information content (AvgIpc) is 2.69. The maximum absolute atomic E-state index is 12.9. The maximum Gasteiger partial charge on any atom is 0.176 e. The van der Waals surface area contributed by atoms with Crippen molar-refractivity contribution in [2.45, 2.75) is 85.4 Å². The summed E-state index contributed by atoms with van der Waals surface area (Å²) in [6, 6.07) is 0. The number of carbonyl (C=O) groups is 2. The molecule has 26 heavy (non-hydrogen) atoms. The van der Waals surface area contributed by atoms with Crippen LogP contribution in [-0.2, 0) is 9.59 Å². The van der Waals surface area contributed by atoms with Gasteiger partial charge in [-0.1, -0.05) is 48.0 Å². The summed E-state index contributed by atoms with van der Waals surface area (Å²) in [7, 11) is 0. The van der Waals surface area contributed by atoms with E-state index in [-0.39, 0.29) is 24.3 Å². The number of allylic oxidation sites excluding steroid dienone is 1. The fraction of sp³-hybridized carbons (Fsp3) is 0.810. The first-order chi connectivity index (χ1) is 11.9. The van der Waals surface area contributed by atoms with Gasteiger partial charge >= 0.3 is 0 Å². The molecule has 0 unspecified atom stereocenters. The van der Waals surface area contributed by atoms with Crippen molar-refractivity contribution in [2.75, 3.05) is 0 Å². The second-order valence-corrected chi connectivity index (χ2v) is 8.95. The van der Waals surface area contributed by atoms with Crippen molar-refractivity contribution in [3.63, 3.8) is 0 Å². The number of aliphatic hydroxyl groups excluding tert-OH is 2. The van der Waals surface area contributed by atoms with Crippen molar-refractivity contribution >= 4 is 11.6 Å². The van der Waals surface area contributed by atoms with E-state index in [1.807, 2.05) is 41.5 Å². The van der Waals surface area contributed by atoms with Crippen molar-refractivity contribution in [2.24, 2.45) is 23.7 Å². The molecule has 1 rings (SSSR count). The molecule has 1 aliphatic rings. The summed E-state index contributed by atoms with van der Waals surface area (Å²) in [5.74, 6) is -1.94. The van der Waals surface area contributed by atoms with Gasteiger partial charge in [0.25, 0.3) is 0 Å². The third-order valence-electron chi connectivity index (χ3n) is 5.14. The number of hydrogen-bond donors (Lipinski definition) is 3. The summed E-state index contributed by atoms with van der Waals surface area (Å²) in [4.78, 5) is 25.4. The Morgan fingerprint density at radius 2 is 1.54 bits per heavy atom. The van der Waals surface area contributed by atoms with Crippen LogP contribution in [0.2, 0.25) is 0 Å². The molecule has 5 heteroatoms. The molecule has 1 aliphatic carbocycles. The van der Waals surface area contributed by atoms with Gasteiger partial charge < -0.3 is 15.3 Å². The highest BCUT2D eigenvalue weighted by molar-refractivity contribution is 6.23. The lowest BCUT2D eigenvalue weighted by Crippen LogP contribution is -2.49. The number of hydrogen-bond acceptors (Lipinski definition) is 5. The highest BCUT2D eigenvalue weighted by atomic mass is 16.4. The zero-order valence-corrected chi connectivity index (χ0v) is 17.1. The summed E-state index contributed by atoms with van der Waals surface area (Å²) in [5, 5.41) is 32.5. The third kappa shape index (κ3) is 4.95. The van der Waals surface area contributed by atoms with E-state index < -0.39 is 34.9 Å². The lowest BCUT2D eigenvalue weighted by molar-refractivity contribution is -0.137. The largest absolute Gasteiger partial charge is 0.508 e. The molecule has 0 fully saturated rings. The Bertz CT molecular complexity index is 547. The minimum atomic E-state index is -2.07. The molecule has 0 spiro atoms. The summed E-state index contributed by atoms with van der Waals surface area (Å²) in [6.07, 6.45) is 0.741. The van der Waals surface area contributed by atoms with Gasteiger partial charge in [0.05, 0.1) is 12.0 Å². The van der Waals surface area contributed by atoms with E-state index in [1.165, 1.54) is 0 Å². The minimum Gasteiger partial charge on any atom is -0.508 e. The Morgan fingerprint density at radius 1 is 1.00 bits per heavy atom. The second kappa shape index (κ2) is 9.14. The third-order valence-corrected chi connectivity index (χ3v) is 5.14. The van der Waals surface area contributed by atoms with Gasteiger partial charge in [-0.15, -0.1) is 0 Å². The maximum atomic E-state index is 12.9.